The number of carbonyl (C=O) groups is 2. The van der Waals surface area contributed by atoms with E-state index in [0.717, 1.165) is 18.9 Å². The highest BCUT2D eigenvalue weighted by Crippen LogP contribution is 2.27. The summed E-state index contributed by atoms with van der Waals surface area (Å²) in [4.78, 5) is 23.5. The van der Waals surface area contributed by atoms with E-state index in [1.807, 2.05) is 0 Å². The van der Waals surface area contributed by atoms with Crippen molar-refractivity contribution in [1.29, 1.82) is 0 Å². The number of Topliss-reactive ketones (excluding diaryl/α,β-unsaturated/α-hetero) is 2. The van der Waals surface area contributed by atoms with Gasteiger partial charge in [-0.3, -0.25) is 9.59 Å². The zero-order valence-electron chi connectivity index (χ0n) is 10.6. The number of rotatable bonds is 4. The van der Waals surface area contributed by atoms with Gasteiger partial charge in [0.25, 0.3) is 11.6 Å². The van der Waals surface area contributed by atoms with Gasteiger partial charge in [0, 0.05) is 13.1 Å². The summed E-state index contributed by atoms with van der Waals surface area (Å²) in [7, 11) is 0. The van der Waals surface area contributed by atoms with Crippen molar-refractivity contribution in [2.24, 2.45) is 0 Å². The molecule has 0 saturated carbocycles. The highest BCUT2D eigenvalue weighted by Gasteiger charge is 2.49. The smallest absolute Gasteiger partial charge is 0.377 e. The average molecular weight is 315 g/mol. The van der Waals surface area contributed by atoms with Crippen LogP contribution in [0.3, 0.4) is 0 Å². The fourth-order valence-electron chi connectivity index (χ4n) is 1.71. The Labute approximate surface area is 115 Å². The molecular formula is C12H11F6NO2. The Bertz CT molecular complexity index is 441. The van der Waals surface area contributed by atoms with Crippen LogP contribution in [0.5, 0.6) is 0 Å². The Morgan fingerprint density at radius 3 is 1.67 bits per heavy atom. The number of likely N-dealkylation sites (tertiary alicyclic amines) is 1. The molecule has 0 aromatic rings. The van der Waals surface area contributed by atoms with Gasteiger partial charge < -0.3 is 4.90 Å². The van der Waals surface area contributed by atoms with Crippen LogP contribution in [0.1, 0.15) is 12.8 Å². The van der Waals surface area contributed by atoms with E-state index in [4.69, 9.17) is 0 Å². The van der Waals surface area contributed by atoms with Crippen LogP contribution >= 0.6 is 0 Å². The maximum Gasteiger partial charge on any atom is 0.455 e. The van der Waals surface area contributed by atoms with Gasteiger partial charge >= 0.3 is 12.4 Å². The van der Waals surface area contributed by atoms with Crippen molar-refractivity contribution >= 4 is 11.6 Å². The van der Waals surface area contributed by atoms with Crippen LogP contribution in [0, 0.1) is 0 Å². The number of hydrogen-bond acceptors (Lipinski definition) is 3. The number of halogens is 6. The summed E-state index contributed by atoms with van der Waals surface area (Å²) >= 11 is 0. The van der Waals surface area contributed by atoms with Gasteiger partial charge in [-0.1, -0.05) is 0 Å². The largest absolute Gasteiger partial charge is 0.455 e. The second-order valence-corrected chi connectivity index (χ2v) is 4.32. The molecule has 0 N–H and O–H groups in total. The van der Waals surface area contributed by atoms with Crippen molar-refractivity contribution in [2.75, 3.05) is 13.1 Å². The summed E-state index contributed by atoms with van der Waals surface area (Å²) in [6, 6.07) is 0. The SMILES string of the molecule is O=C(C(=C/C=C/N1CCCC1)C(=O)C(F)(F)F)C(F)(F)F. The summed E-state index contributed by atoms with van der Waals surface area (Å²) in [6.07, 6.45) is -7.05. The highest BCUT2D eigenvalue weighted by molar-refractivity contribution is 6.23. The highest BCUT2D eigenvalue weighted by atomic mass is 19.4. The number of allylic oxidation sites excluding steroid dienone is 3. The maximum absolute atomic E-state index is 12.2. The molecule has 1 aliphatic rings. The minimum absolute atomic E-state index is 0.254. The number of carbonyl (C=O) groups excluding carboxylic acids is 2. The molecule has 0 amide bonds. The quantitative estimate of drug-likeness (QED) is 0.263. The van der Waals surface area contributed by atoms with Crippen LogP contribution in [-0.2, 0) is 9.59 Å². The van der Waals surface area contributed by atoms with Gasteiger partial charge in [-0.15, -0.1) is 0 Å². The number of alkyl halides is 6. The molecule has 9 heteroatoms. The molecule has 0 bridgehead atoms. The van der Waals surface area contributed by atoms with E-state index >= 15 is 0 Å². The molecule has 1 rings (SSSR count). The molecule has 21 heavy (non-hydrogen) atoms. The van der Waals surface area contributed by atoms with E-state index in [-0.39, 0.29) is 6.08 Å². The zero-order chi connectivity index (χ0) is 16.3. The summed E-state index contributed by atoms with van der Waals surface area (Å²) in [5.74, 6) is -5.62. The molecule has 0 aromatic carbocycles. The first kappa shape index (κ1) is 17.3. The molecule has 1 saturated heterocycles. The first-order valence-corrected chi connectivity index (χ1v) is 5.89. The lowest BCUT2D eigenvalue weighted by Crippen LogP contribution is -2.34. The van der Waals surface area contributed by atoms with Gasteiger partial charge in [-0.2, -0.15) is 26.3 Å². The molecule has 1 heterocycles. The number of nitrogens with zero attached hydrogens (tertiary/aromatic N) is 1. The molecule has 1 aliphatic heterocycles. The van der Waals surface area contributed by atoms with E-state index in [1.54, 1.807) is 4.90 Å². The summed E-state index contributed by atoms with van der Waals surface area (Å²) in [6.45, 7) is 1.22. The second kappa shape index (κ2) is 6.31. The second-order valence-electron chi connectivity index (χ2n) is 4.32. The van der Waals surface area contributed by atoms with Gasteiger partial charge in [0.2, 0.25) is 0 Å². The lowest BCUT2D eigenvalue weighted by Gasteiger charge is -2.11. The monoisotopic (exact) mass is 315 g/mol. The minimum Gasteiger partial charge on any atom is -0.377 e. The Kier molecular flexibility index (Phi) is 5.19. The van der Waals surface area contributed by atoms with E-state index in [2.05, 4.69) is 0 Å². The zero-order valence-corrected chi connectivity index (χ0v) is 10.6. The molecule has 0 unspecified atom stereocenters. The molecule has 0 radical (unpaired) electrons. The normalized spacial score (nSPS) is 16.4. The Hall–Kier alpha value is -1.80. The molecule has 118 valence electrons. The van der Waals surface area contributed by atoms with Crippen molar-refractivity contribution < 1.29 is 35.9 Å². The molecule has 0 aromatic heterocycles. The van der Waals surface area contributed by atoms with Gasteiger partial charge in [0.15, 0.2) is 0 Å². The van der Waals surface area contributed by atoms with Gasteiger partial charge in [-0.25, -0.2) is 0 Å². The summed E-state index contributed by atoms with van der Waals surface area (Å²) in [5.41, 5.74) is -1.94. The fraction of sp³-hybridized carbons (Fsp3) is 0.500. The topological polar surface area (TPSA) is 37.4 Å². The molecule has 0 aliphatic carbocycles. The predicted octanol–water partition coefficient (Wildman–Crippen LogP) is 2.79. The number of hydrogen-bond donors (Lipinski definition) is 0. The van der Waals surface area contributed by atoms with E-state index in [1.165, 1.54) is 6.20 Å². The molecule has 3 nitrogen and oxygen atoms in total. The third-order valence-electron chi connectivity index (χ3n) is 2.70. The lowest BCUT2D eigenvalue weighted by atomic mass is 10.1. The third kappa shape index (κ3) is 4.91. The first-order valence-electron chi connectivity index (χ1n) is 5.89. The molecule has 1 fully saturated rings. The molecule has 0 spiro atoms. The van der Waals surface area contributed by atoms with E-state index in [0.29, 0.717) is 13.1 Å². The predicted molar refractivity (Wildman–Crippen MR) is 60.2 cm³/mol. The van der Waals surface area contributed by atoms with Crippen LogP contribution in [0.25, 0.3) is 0 Å². The Balaban J connectivity index is 3.01. The van der Waals surface area contributed by atoms with Crippen molar-refractivity contribution in [3.05, 3.63) is 23.9 Å². The van der Waals surface area contributed by atoms with Crippen LogP contribution in [0.2, 0.25) is 0 Å². The van der Waals surface area contributed by atoms with Crippen LogP contribution in [-0.4, -0.2) is 41.9 Å². The summed E-state index contributed by atoms with van der Waals surface area (Å²) in [5, 5.41) is 0. The fourth-order valence-corrected chi connectivity index (χ4v) is 1.71. The Morgan fingerprint density at radius 2 is 1.29 bits per heavy atom. The lowest BCUT2D eigenvalue weighted by molar-refractivity contribution is -0.175. The van der Waals surface area contributed by atoms with E-state index < -0.39 is 29.5 Å². The van der Waals surface area contributed by atoms with E-state index in [9.17, 15) is 35.9 Å². The molecular weight excluding hydrogens is 304 g/mol. The molecule has 0 atom stereocenters. The van der Waals surface area contributed by atoms with Crippen molar-refractivity contribution in [3.8, 4) is 0 Å². The summed E-state index contributed by atoms with van der Waals surface area (Å²) < 4.78 is 73.4. The van der Waals surface area contributed by atoms with Gasteiger partial charge in [0.1, 0.15) is 0 Å². The minimum atomic E-state index is -5.55. The van der Waals surface area contributed by atoms with Crippen molar-refractivity contribution in [1.82, 2.24) is 4.90 Å². The van der Waals surface area contributed by atoms with Gasteiger partial charge in [0.05, 0.1) is 5.57 Å². The van der Waals surface area contributed by atoms with Crippen molar-refractivity contribution in [2.45, 2.75) is 25.2 Å². The maximum atomic E-state index is 12.2. The standard InChI is InChI=1S/C12H11F6NO2/c13-11(14,15)9(20)8(10(21)12(16,17)18)4-3-7-19-5-1-2-6-19/h3-4,7H,1-2,5-6H2/b7-3+. The van der Waals surface area contributed by atoms with Gasteiger partial charge in [-0.05, 0) is 31.2 Å². The average Bonchev–Trinajstić information content (AvgIpc) is 2.84. The number of ketones is 2. The third-order valence-corrected chi connectivity index (χ3v) is 2.70. The van der Waals surface area contributed by atoms with Crippen LogP contribution < -0.4 is 0 Å². The first-order chi connectivity index (χ1) is 9.53. The van der Waals surface area contributed by atoms with Crippen molar-refractivity contribution in [3.63, 3.8) is 0 Å². The Morgan fingerprint density at radius 1 is 0.857 bits per heavy atom. The van der Waals surface area contributed by atoms with Crippen LogP contribution in [0.4, 0.5) is 26.3 Å². The van der Waals surface area contributed by atoms with Crippen LogP contribution in [0.15, 0.2) is 23.9 Å².